The fraction of sp³-hybridized carbons (Fsp3) is 0.524. The predicted molar refractivity (Wildman–Crippen MR) is 191 cm³/mol. The molecule has 1 nitrogen and oxygen atoms in total. The van der Waals surface area contributed by atoms with E-state index in [4.69, 9.17) is 4.74 Å². The summed E-state index contributed by atoms with van der Waals surface area (Å²) in [5.41, 5.74) is 3.94. The maximum Gasteiger partial charge on any atom is 0.130 e. The lowest BCUT2D eigenvalue weighted by Crippen LogP contribution is -2.04. The van der Waals surface area contributed by atoms with Crippen molar-refractivity contribution in [3.8, 4) is 16.9 Å². The summed E-state index contributed by atoms with van der Waals surface area (Å²) >= 11 is 0. The maximum absolute atomic E-state index is 6.83. The molecule has 4 aromatic rings. The van der Waals surface area contributed by atoms with Crippen LogP contribution in [0.2, 0.25) is 0 Å². The quantitative estimate of drug-likeness (QED) is 0.0665. The standard InChI is InChI=1S/C42H58O/c1-3-5-7-9-11-13-14-15-17-20-29-37-34-40-38-30-24-23-26-35(38)31-32-39(40)41(36-27-21-19-22-28-36)42(37)43-33-25-18-16-12-10-8-6-4-2/h19,21-24,26-28,30-32,34H,3-18,20,25,29,33H2,1-2H3. The Morgan fingerprint density at radius 2 is 1.02 bits per heavy atom. The van der Waals surface area contributed by atoms with Gasteiger partial charge in [0.15, 0.2) is 0 Å². The highest BCUT2D eigenvalue weighted by atomic mass is 16.5. The number of unbranched alkanes of at least 4 members (excludes halogenated alkanes) is 16. The SMILES string of the molecule is CCCCCCCCCCCCc1cc2c(ccc3ccccc32)c(-c2ccccc2)c1OCCCCCCCCCC. The van der Waals surface area contributed by atoms with Crippen LogP contribution in [-0.4, -0.2) is 6.61 Å². The molecule has 1 heteroatoms. The first-order chi connectivity index (χ1) is 21.3. The number of fused-ring (bicyclic) bond motifs is 3. The van der Waals surface area contributed by atoms with Gasteiger partial charge >= 0.3 is 0 Å². The third kappa shape index (κ3) is 10.4. The zero-order valence-corrected chi connectivity index (χ0v) is 27.5. The Labute approximate surface area is 263 Å². The van der Waals surface area contributed by atoms with Crippen LogP contribution < -0.4 is 4.74 Å². The van der Waals surface area contributed by atoms with Crippen molar-refractivity contribution in [3.63, 3.8) is 0 Å². The molecule has 0 amide bonds. The van der Waals surface area contributed by atoms with E-state index in [1.807, 2.05) is 0 Å². The van der Waals surface area contributed by atoms with Crippen molar-refractivity contribution >= 4 is 21.5 Å². The number of aryl methyl sites for hydroxylation is 1. The van der Waals surface area contributed by atoms with E-state index < -0.39 is 0 Å². The first kappa shape index (κ1) is 33.1. The number of ether oxygens (including phenoxy) is 1. The van der Waals surface area contributed by atoms with Gasteiger partial charge in [0.05, 0.1) is 6.61 Å². The zero-order chi connectivity index (χ0) is 30.0. The van der Waals surface area contributed by atoms with Gasteiger partial charge in [-0.2, -0.15) is 0 Å². The van der Waals surface area contributed by atoms with E-state index >= 15 is 0 Å². The van der Waals surface area contributed by atoms with Crippen LogP contribution in [0.25, 0.3) is 32.7 Å². The van der Waals surface area contributed by atoms with Gasteiger partial charge in [0, 0.05) is 5.56 Å². The molecule has 0 heterocycles. The van der Waals surface area contributed by atoms with Crippen LogP contribution in [0.3, 0.4) is 0 Å². The molecule has 0 saturated heterocycles. The molecular weight excluding hydrogens is 520 g/mol. The lowest BCUT2D eigenvalue weighted by Gasteiger charge is -2.20. The molecule has 0 aliphatic heterocycles. The molecular formula is C42H58O. The van der Waals surface area contributed by atoms with Gasteiger partial charge in [0.25, 0.3) is 0 Å². The number of rotatable bonds is 22. The Bertz CT molecular complexity index is 1320. The van der Waals surface area contributed by atoms with Crippen LogP contribution in [-0.2, 0) is 6.42 Å². The first-order valence-electron chi connectivity index (χ1n) is 18.0. The summed E-state index contributed by atoms with van der Waals surface area (Å²) in [6.07, 6.45) is 25.3. The number of benzene rings is 4. The highest BCUT2D eigenvalue weighted by molar-refractivity contribution is 6.13. The molecule has 4 rings (SSSR count). The molecule has 0 bridgehead atoms. The molecule has 0 atom stereocenters. The third-order valence-electron chi connectivity index (χ3n) is 9.18. The summed E-state index contributed by atoms with van der Waals surface area (Å²) in [6.45, 7) is 5.40. The van der Waals surface area contributed by atoms with Gasteiger partial charge in [-0.1, -0.05) is 183 Å². The van der Waals surface area contributed by atoms with Gasteiger partial charge in [-0.05, 0) is 58.0 Å². The Balaban J connectivity index is 1.51. The van der Waals surface area contributed by atoms with E-state index in [1.54, 1.807) is 0 Å². The molecule has 0 N–H and O–H groups in total. The second-order valence-corrected chi connectivity index (χ2v) is 12.7. The average Bonchev–Trinajstić information content (AvgIpc) is 3.05. The minimum absolute atomic E-state index is 0.804. The lowest BCUT2D eigenvalue weighted by atomic mass is 9.90. The molecule has 0 saturated carbocycles. The topological polar surface area (TPSA) is 9.23 Å². The summed E-state index contributed by atoms with van der Waals surface area (Å²) in [5, 5.41) is 5.32. The predicted octanol–water partition coefficient (Wildman–Crippen LogP) is 13.6. The molecule has 0 aliphatic rings. The normalized spacial score (nSPS) is 11.5. The van der Waals surface area contributed by atoms with Gasteiger partial charge < -0.3 is 4.74 Å². The van der Waals surface area contributed by atoms with Crippen LogP contribution in [0.1, 0.15) is 135 Å². The minimum atomic E-state index is 0.804. The van der Waals surface area contributed by atoms with Crippen LogP contribution in [0.4, 0.5) is 0 Å². The maximum atomic E-state index is 6.83. The van der Waals surface area contributed by atoms with E-state index in [-0.39, 0.29) is 0 Å². The smallest absolute Gasteiger partial charge is 0.130 e. The monoisotopic (exact) mass is 578 g/mol. The Morgan fingerprint density at radius 1 is 0.465 bits per heavy atom. The van der Waals surface area contributed by atoms with Crippen LogP contribution >= 0.6 is 0 Å². The molecule has 0 fully saturated rings. The van der Waals surface area contributed by atoms with Gasteiger partial charge in [-0.25, -0.2) is 0 Å². The van der Waals surface area contributed by atoms with Crippen LogP contribution in [0.5, 0.6) is 5.75 Å². The van der Waals surface area contributed by atoms with Crippen LogP contribution in [0.15, 0.2) is 72.8 Å². The van der Waals surface area contributed by atoms with Crippen molar-refractivity contribution in [2.45, 2.75) is 136 Å². The van der Waals surface area contributed by atoms with Gasteiger partial charge in [-0.3, -0.25) is 0 Å². The van der Waals surface area contributed by atoms with Crippen molar-refractivity contribution in [1.82, 2.24) is 0 Å². The molecule has 43 heavy (non-hydrogen) atoms. The molecule has 0 spiro atoms. The highest BCUT2D eigenvalue weighted by Gasteiger charge is 2.18. The van der Waals surface area contributed by atoms with Gasteiger partial charge in [0.1, 0.15) is 5.75 Å². The highest BCUT2D eigenvalue weighted by Crippen LogP contribution is 2.43. The Hall–Kier alpha value is -2.80. The minimum Gasteiger partial charge on any atom is -0.493 e. The number of hydrogen-bond acceptors (Lipinski definition) is 1. The molecule has 0 aliphatic carbocycles. The first-order valence-corrected chi connectivity index (χ1v) is 18.0. The Morgan fingerprint density at radius 3 is 1.67 bits per heavy atom. The fourth-order valence-electron chi connectivity index (χ4n) is 6.65. The Kier molecular flexibility index (Phi) is 15.0. The summed E-state index contributed by atoms with van der Waals surface area (Å²) < 4.78 is 6.83. The van der Waals surface area contributed by atoms with E-state index in [9.17, 15) is 0 Å². The molecule has 0 radical (unpaired) electrons. The third-order valence-corrected chi connectivity index (χ3v) is 9.18. The second-order valence-electron chi connectivity index (χ2n) is 12.7. The lowest BCUT2D eigenvalue weighted by molar-refractivity contribution is 0.302. The second kappa shape index (κ2) is 19.5. The molecule has 4 aromatic carbocycles. The van der Waals surface area contributed by atoms with E-state index in [0.29, 0.717) is 0 Å². The summed E-state index contributed by atoms with van der Waals surface area (Å²) in [4.78, 5) is 0. The van der Waals surface area contributed by atoms with Crippen molar-refractivity contribution in [1.29, 1.82) is 0 Å². The van der Waals surface area contributed by atoms with Gasteiger partial charge in [-0.15, -0.1) is 0 Å². The largest absolute Gasteiger partial charge is 0.493 e. The zero-order valence-electron chi connectivity index (χ0n) is 27.5. The van der Waals surface area contributed by atoms with E-state index in [0.717, 1.165) is 25.2 Å². The van der Waals surface area contributed by atoms with Crippen molar-refractivity contribution < 1.29 is 4.74 Å². The summed E-state index contributed by atoms with van der Waals surface area (Å²) in [7, 11) is 0. The molecule has 0 unspecified atom stereocenters. The van der Waals surface area contributed by atoms with Crippen molar-refractivity contribution in [2.75, 3.05) is 6.61 Å². The van der Waals surface area contributed by atoms with E-state index in [1.165, 1.54) is 147 Å². The summed E-state index contributed by atoms with van der Waals surface area (Å²) in [5.74, 6) is 1.13. The van der Waals surface area contributed by atoms with Crippen LogP contribution in [0, 0.1) is 0 Å². The van der Waals surface area contributed by atoms with Crippen molar-refractivity contribution in [2.24, 2.45) is 0 Å². The molecule has 0 aromatic heterocycles. The van der Waals surface area contributed by atoms with Gasteiger partial charge in [0.2, 0.25) is 0 Å². The average molecular weight is 579 g/mol. The van der Waals surface area contributed by atoms with Crippen molar-refractivity contribution in [3.05, 3.63) is 78.4 Å². The summed E-state index contributed by atoms with van der Waals surface area (Å²) in [6, 6.07) is 26.9. The fourth-order valence-corrected chi connectivity index (χ4v) is 6.65. The van der Waals surface area contributed by atoms with E-state index in [2.05, 4.69) is 86.6 Å². The number of hydrogen-bond donors (Lipinski definition) is 0. The molecule has 232 valence electrons.